The van der Waals surface area contributed by atoms with Crippen LogP contribution >= 0.6 is 0 Å². The standard InChI is InChI=1S/C23H24N4O4/c1-13-7-14(2)9-16(8-13)25-23(29)18-11-21(28)26-22-17(12-24-27(18)22)15-5-6-19(30-3)20(10-15)31-4/h5-10,12,18H,11H2,1-4H3,(H,25,29)(H,26,28)/t18-/m1/s1. The molecule has 8 nitrogen and oxygen atoms in total. The Labute approximate surface area is 180 Å². The number of fused-ring (bicyclic) bond motifs is 1. The van der Waals surface area contributed by atoms with Gasteiger partial charge in [0, 0.05) is 11.3 Å². The van der Waals surface area contributed by atoms with Crippen molar-refractivity contribution in [3.63, 3.8) is 0 Å². The number of nitrogens with one attached hydrogen (secondary N) is 2. The summed E-state index contributed by atoms with van der Waals surface area (Å²) in [7, 11) is 3.13. The fourth-order valence-corrected chi connectivity index (χ4v) is 3.86. The lowest BCUT2D eigenvalue weighted by Crippen LogP contribution is -2.35. The lowest BCUT2D eigenvalue weighted by Gasteiger charge is -2.25. The molecule has 1 atom stereocenters. The molecule has 0 radical (unpaired) electrons. The molecule has 160 valence electrons. The average molecular weight is 420 g/mol. The number of nitrogens with zero attached hydrogens (tertiary/aromatic N) is 2. The molecule has 3 aromatic rings. The Bertz CT molecular complexity index is 1150. The van der Waals surface area contributed by atoms with Crippen LogP contribution < -0.4 is 20.1 Å². The fraction of sp³-hybridized carbons (Fsp3) is 0.261. The van der Waals surface area contributed by atoms with Gasteiger partial charge in [0.05, 0.1) is 26.8 Å². The summed E-state index contributed by atoms with van der Waals surface area (Å²) in [4.78, 5) is 25.5. The van der Waals surface area contributed by atoms with Crippen LogP contribution in [-0.4, -0.2) is 35.8 Å². The molecule has 2 heterocycles. The van der Waals surface area contributed by atoms with Crippen LogP contribution in [0.5, 0.6) is 11.5 Å². The normalized spacial score (nSPS) is 15.1. The summed E-state index contributed by atoms with van der Waals surface area (Å²) >= 11 is 0. The molecule has 4 rings (SSSR count). The van der Waals surface area contributed by atoms with E-state index in [9.17, 15) is 9.59 Å². The van der Waals surface area contributed by atoms with Gasteiger partial charge in [-0.05, 0) is 54.8 Å². The molecule has 2 amide bonds. The molecular formula is C23H24N4O4. The van der Waals surface area contributed by atoms with Crippen molar-refractivity contribution in [3.05, 3.63) is 53.7 Å². The highest BCUT2D eigenvalue weighted by molar-refractivity contribution is 6.03. The highest BCUT2D eigenvalue weighted by Gasteiger charge is 2.33. The number of anilines is 2. The minimum atomic E-state index is -0.751. The van der Waals surface area contributed by atoms with E-state index in [1.165, 1.54) is 0 Å². The van der Waals surface area contributed by atoms with Crippen molar-refractivity contribution in [2.24, 2.45) is 0 Å². The first-order valence-corrected chi connectivity index (χ1v) is 9.88. The first-order chi connectivity index (χ1) is 14.9. The second-order valence-corrected chi connectivity index (χ2v) is 7.55. The van der Waals surface area contributed by atoms with Crippen molar-refractivity contribution in [2.45, 2.75) is 26.3 Å². The van der Waals surface area contributed by atoms with Gasteiger partial charge in [0.1, 0.15) is 11.9 Å². The minimum Gasteiger partial charge on any atom is -0.493 e. The maximum Gasteiger partial charge on any atom is 0.249 e. The maximum absolute atomic E-state index is 13.0. The van der Waals surface area contributed by atoms with Crippen molar-refractivity contribution in [2.75, 3.05) is 24.9 Å². The molecule has 31 heavy (non-hydrogen) atoms. The number of rotatable bonds is 5. The first kappa shape index (κ1) is 20.5. The van der Waals surface area contributed by atoms with Gasteiger partial charge in [0.15, 0.2) is 11.5 Å². The van der Waals surface area contributed by atoms with Crippen molar-refractivity contribution in [1.29, 1.82) is 0 Å². The number of carbonyl (C=O) groups excluding carboxylic acids is 2. The van der Waals surface area contributed by atoms with E-state index in [2.05, 4.69) is 15.7 Å². The summed E-state index contributed by atoms with van der Waals surface area (Å²) in [6.45, 7) is 3.94. The summed E-state index contributed by atoms with van der Waals surface area (Å²) in [5.74, 6) is 1.11. The molecule has 2 N–H and O–H groups in total. The van der Waals surface area contributed by atoms with Crippen LogP contribution in [0.25, 0.3) is 11.1 Å². The molecule has 1 aromatic heterocycles. The second kappa shape index (κ2) is 8.14. The molecule has 0 unspecified atom stereocenters. The van der Waals surface area contributed by atoms with Crippen LogP contribution in [0.15, 0.2) is 42.6 Å². The number of aromatic nitrogens is 2. The van der Waals surface area contributed by atoms with Gasteiger partial charge in [-0.2, -0.15) is 5.10 Å². The predicted molar refractivity (Wildman–Crippen MR) is 118 cm³/mol. The third-order valence-electron chi connectivity index (χ3n) is 5.21. The van der Waals surface area contributed by atoms with Gasteiger partial charge < -0.3 is 20.1 Å². The smallest absolute Gasteiger partial charge is 0.249 e. The number of benzene rings is 2. The van der Waals surface area contributed by atoms with Gasteiger partial charge in [0.2, 0.25) is 11.8 Å². The van der Waals surface area contributed by atoms with Gasteiger partial charge in [-0.1, -0.05) is 12.1 Å². The van der Waals surface area contributed by atoms with E-state index in [0.29, 0.717) is 28.6 Å². The van der Waals surface area contributed by atoms with Gasteiger partial charge in [0.25, 0.3) is 0 Å². The van der Waals surface area contributed by atoms with Gasteiger partial charge in [-0.25, -0.2) is 4.68 Å². The van der Waals surface area contributed by atoms with Crippen molar-refractivity contribution in [3.8, 4) is 22.6 Å². The molecule has 0 aliphatic carbocycles. The lowest BCUT2D eigenvalue weighted by molar-refractivity contribution is -0.125. The Balaban J connectivity index is 1.67. The summed E-state index contributed by atoms with van der Waals surface area (Å²) in [6, 6.07) is 10.5. The molecule has 0 saturated carbocycles. The van der Waals surface area contributed by atoms with Gasteiger partial charge in [-0.15, -0.1) is 0 Å². The van der Waals surface area contributed by atoms with E-state index in [1.54, 1.807) is 31.2 Å². The summed E-state index contributed by atoms with van der Waals surface area (Å²) in [6.07, 6.45) is 1.65. The van der Waals surface area contributed by atoms with E-state index < -0.39 is 6.04 Å². The summed E-state index contributed by atoms with van der Waals surface area (Å²) in [5, 5.41) is 10.2. The van der Waals surface area contributed by atoms with Crippen molar-refractivity contribution < 1.29 is 19.1 Å². The molecule has 0 bridgehead atoms. The summed E-state index contributed by atoms with van der Waals surface area (Å²) in [5.41, 5.74) is 4.27. The van der Waals surface area contributed by atoms with Crippen LogP contribution in [-0.2, 0) is 9.59 Å². The number of methoxy groups -OCH3 is 2. The van der Waals surface area contributed by atoms with Crippen LogP contribution in [0.2, 0.25) is 0 Å². The first-order valence-electron chi connectivity index (χ1n) is 9.88. The summed E-state index contributed by atoms with van der Waals surface area (Å²) < 4.78 is 12.2. The quantitative estimate of drug-likeness (QED) is 0.656. The zero-order valence-electron chi connectivity index (χ0n) is 17.9. The number of amides is 2. The third kappa shape index (κ3) is 3.96. The van der Waals surface area contributed by atoms with Crippen LogP contribution in [0.1, 0.15) is 23.6 Å². The molecule has 2 aromatic carbocycles. The van der Waals surface area contributed by atoms with Crippen LogP contribution in [0.3, 0.4) is 0 Å². The van der Waals surface area contributed by atoms with E-state index in [1.807, 2.05) is 44.2 Å². The van der Waals surface area contributed by atoms with Gasteiger partial charge in [-0.3, -0.25) is 9.59 Å². The van der Waals surface area contributed by atoms with E-state index in [-0.39, 0.29) is 18.2 Å². The van der Waals surface area contributed by atoms with Crippen LogP contribution in [0, 0.1) is 13.8 Å². The molecule has 1 aliphatic heterocycles. The Morgan fingerprint density at radius 1 is 1.10 bits per heavy atom. The monoisotopic (exact) mass is 420 g/mol. The highest BCUT2D eigenvalue weighted by Crippen LogP contribution is 2.38. The highest BCUT2D eigenvalue weighted by atomic mass is 16.5. The number of aryl methyl sites for hydroxylation is 2. The van der Waals surface area contributed by atoms with E-state index in [4.69, 9.17) is 9.47 Å². The zero-order valence-corrected chi connectivity index (χ0v) is 17.9. The molecule has 8 heteroatoms. The molecular weight excluding hydrogens is 396 g/mol. The Kier molecular flexibility index (Phi) is 5.37. The Morgan fingerprint density at radius 2 is 1.81 bits per heavy atom. The average Bonchev–Trinajstić information content (AvgIpc) is 3.15. The van der Waals surface area contributed by atoms with E-state index in [0.717, 1.165) is 16.7 Å². The van der Waals surface area contributed by atoms with Crippen LogP contribution in [0.4, 0.5) is 11.5 Å². The van der Waals surface area contributed by atoms with Gasteiger partial charge >= 0.3 is 0 Å². The van der Waals surface area contributed by atoms with E-state index >= 15 is 0 Å². The maximum atomic E-state index is 13.0. The third-order valence-corrected chi connectivity index (χ3v) is 5.21. The SMILES string of the molecule is COc1ccc(-c2cnn3c2NC(=O)C[C@@H]3C(=O)Nc2cc(C)cc(C)c2)cc1OC. The predicted octanol–water partition coefficient (Wildman–Crippen LogP) is 3.71. The number of hydrogen-bond donors (Lipinski definition) is 2. The Hall–Kier alpha value is -3.81. The molecule has 0 spiro atoms. The zero-order chi connectivity index (χ0) is 22.1. The minimum absolute atomic E-state index is 0.0106. The largest absolute Gasteiger partial charge is 0.493 e. The molecule has 0 saturated heterocycles. The molecule has 1 aliphatic rings. The Morgan fingerprint density at radius 3 is 2.48 bits per heavy atom. The second-order valence-electron chi connectivity index (χ2n) is 7.55. The van der Waals surface area contributed by atoms with Crippen molar-refractivity contribution >= 4 is 23.3 Å². The topological polar surface area (TPSA) is 94.5 Å². The number of hydrogen-bond acceptors (Lipinski definition) is 5. The fourth-order valence-electron chi connectivity index (χ4n) is 3.86. The molecule has 0 fully saturated rings. The number of carbonyl (C=O) groups is 2. The lowest BCUT2D eigenvalue weighted by atomic mass is 10.1. The number of ether oxygens (including phenoxy) is 2. The van der Waals surface area contributed by atoms with Crippen molar-refractivity contribution in [1.82, 2.24) is 9.78 Å².